The zero-order chi connectivity index (χ0) is 19.6. The molecular weight excluding hydrogens is 477 g/mol. The molecule has 1 aliphatic rings. The van der Waals surface area contributed by atoms with Gasteiger partial charge in [-0.25, -0.2) is 4.99 Å². The Labute approximate surface area is 191 Å². The highest BCUT2D eigenvalue weighted by molar-refractivity contribution is 14.0. The number of furan rings is 1. The lowest BCUT2D eigenvalue weighted by Gasteiger charge is -2.32. The van der Waals surface area contributed by atoms with E-state index in [1.54, 1.807) is 6.26 Å². The van der Waals surface area contributed by atoms with Gasteiger partial charge in [-0.3, -0.25) is 4.90 Å². The van der Waals surface area contributed by atoms with Crippen LogP contribution in [0.2, 0.25) is 0 Å². The minimum Gasteiger partial charge on any atom is -0.469 e. The van der Waals surface area contributed by atoms with Crippen LogP contribution in [-0.4, -0.2) is 62.1 Å². The number of aliphatic imine (C=N–C) groups is 1. The van der Waals surface area contributed by atoms with E-state index in [2.05, 4.69) is 58.7 Å². The van der Waals surface area contributed by atoms with Crippen molar-refractivity contribution in [3.63, 3.8) is 0 Å². The van der Waals surface area contributed by atoms with Crippen LogP contribution < -0.4 is 10.6 Å². The second kappa shape index (κ2) is 12.9. The molecule has 0 unspecified atom stereocenters. The van der Waals surface area contributed by atoms with Gasteiger partial charge in [-0.05, 0) is 37.2 Å². The highest BCUT2D eigenvalue weighted by Crippen LogP contribution is 2.10. The van der Waals surface area contributed by atoms with Gasteiger partial charge in [0.1, 0.15) is 5.76 Å². The number of hydrogen-bond acceptors (Lipinski definition) is 4. The van der Waals surface area contributed by atoms with Crippen LogP contribution in [0.25, 0.3) is 0 Å². The van der Waals surface area contributed by atoms with E-state index in [1.807, 2.05) is 12.1 Å². The molecule has 1 saturated heterocycles. The topological polar surface area (TPSA) is 56.0 Å². The van der Waals surface area contributed by atoms with Crippen LogP contribution in [-0.2, 0) is 19.5 Å². The molecule has 0 radical (unpaired) electrons. The molecule has 0 atom stereocenters. The standard InChI is InChI=1S/C22H33N5O.HI/c1-3-23-22(24-11-10-21-5-4-16-28-21)25-17-19-6-8-20(9-7-19)18-27-14-12-26(2)13-15-27;/h4-9,16H,3,10-15,17-18H2,1-2H3,(H2,23,24,25);1H. The number of hydrogen-bond donors (Lipinski definition) is 2. The van der Waals surface area contributed by atoms with Crippen molar-refractivity contribution in [2.24, 2.45) is 4.99 Å². The van der Waals surface area contributed by atoms with Crippen molar-refractivity contribution in [2.75, 3.05) is 46.3 Å². The molecule has 1 aliphatic heterocycles. The van der Waals surface area contributed by atoms with E-state index < -0.39 is 0 Å². The summed E-state index contributed by atoms with van der Waals surface area (Å²) in [6, 6.07) is 12.8. The molecule has 2 N–H and O–H groups in total. The summed E-state index contributed by atoms with van der Waals surface area (Å²) in [5.74, 6) is 1.83. The van der Waals surface area contributed by atoms with E-state index in [-0.39, 0.29) is 24.0 Å². The highest BCUT2D eigenvalue weighted by Gasteiger charge is 2.13. The Morgan fingerprint density at radius 3 is 2.41 bits per heavy atom. The molecule has 7 heteroatoms. The predicted octanol–water partition coefficient (Wildman–Crippen LogP) is 2.94. The number of rotatable bonds is 8. The van der Waals surface area contributed by atoms with E-state index in [1.165, 1.54) is 11.1 Å². The van der Waals surface area contributed by atoms with Gasteiger partial charge in [-0.2, -0.15) is 0 Å². The maximum Gasteiger partial charge on any atom is 0.191 e. The Hall–Kier alpha value is -1.58. The van der Waals surface area contributed by atoms with Gasteiger partial charge in [-0.15, -0.1) is 24.0 Å². The van der Waals surface area contributed by atoms with Crippen LogP contribution >= 0.6 is 24.0 Å². The zero-order valence-corrected chi connectivity index (χ0v) is 19.9. The maximum absolute atomic E-state index is 5.37. The van der Waals surface area contributed by atoms with E-state index in [0.29, 0.717) is 6.54 Å². The van der Waals surface area contributed by atoms with Crippen LogP contribution in [0.3, 0.4) is 0 Å². The van der Waals surface area contributed by atoms with Crippen molar-refractivity contribution < 1.29 is 4.42 Å². The largest absolute Gasteiger partial charge is 0.469 e. The van der Waals surface area contributed by atoms with Crippen molar-refractivity contribution >= 4 is 29.9 Å². The van der Waals surface area contributed by atoms with E-state index in [9.17, 15) is 0 Å². The van der Waals surface area contributed by atoms with Gasteiger partial charge < -0.3 is 20.0 Å². The Kier molecular flexibility index (Phi) is 10.5. The maximum atomic E-state index is 5.37. The quantitative estimate of drug-likeness (QED) is 0.325. The first-order valence-corrected chi connectivity index (χ1v) is 10.3. The predicted molar refractivity (Wildman–Crippen MR) is 130 cm³/mol. The number of piperazine rings is 1. The third-order valence-electron chi connectivity index (χ3n) is 5.03. The molecule has 0 spiro atoms. The number of nitrogens with zero attached hydrogens (tertiary/aromatic N) is 3. The fraction of sp³-hybridized carbons (Fsp3) is 0.500. The van der Waals surface area contributed by atoms with Crippen LogP contribution in [0.1, 0.15) is 23.8 Å². The number of halogens is 1. The first-order valence-electron chi connectivity index (χ1n) is 10.3. The fourth-order valence-corrected chi connectivity index (χ4v) is 3.29. The Morgan fingerprint density at radius 1 is 1.03 bits per heavy atom. The summed E-state index contributed by atoms with van der Waals surface area (Å²) in [4.78, 5) is 9.62. The lowest BCUT2D eigenvalue weighted by Crippen LogP contribution is -2.43. The van der Waals surface area contributed by atoms with Crippen molar-refractivity contribution in [3.05, 3.63) is 59.5 Å². The molecule has 6 nitrogen and oxygen atoms in total. The first kappa shape index (κ1) is 23.7. The molecule has 0 aliphatic carbocycles. The molecule has 2 heterocycles. The molecule has 3 rings (SSSR count). The number of nitrogens with one attached hydrogen (secondary N) is 2. The Balaban J connectivity index is 0.00000300. The summed E-state index contributed by atoms with van der Waals surface area (Å²) in [5, 5.41) is 6.67. The van der Waals surface area contributed by atoms with Gasteiger partial charge in [0.15, 0.2) is 5.96 Å². The van der Waals surface area contributed by atoms with Gasteiger partial charge in [0.2, 0.25) is 0 Å². The minimum atomic E-state index is 0. The van der Waals surface area contributed by atoms with Gasteiger partial charge in [0, 0.05) is 52.2 Å². The summed E-state index contributed by atoms with van der Waals surface area (Å²) in [6.45, 7) is 10.0. The number of likely N-dealkylation sites (N-methyl/N-ethyl adjacent to an activating group) is 1. The third-order valence-corrected chi connectivity index (χ3v) is 5.03. The summed E-state index contributed by atoms with van der Waals surface area (Å²) in [7, 11) is 2.19. The average molecular weight is 511 g/mol. The SMILES string of the molecule is CCNC(=NCc1ccc(CN2CCN(C)CC2)cc1)NCCc1ccco1.I. The molecule has 160 valence electrons. The summed E-state index contributed by atoms with van der Waals surface area (Å²) in [6.07, 6.45) is 2.56. The van der Waals surface area contributed by atoms with Crippen molar-refractivity contribution in [1.82, 2.24) is 20.4 Å². The van der Waals surface area contributed by atoms with Crippen LogP contribution in [0.5, 0.6) is 0 Å². The molecule has 2 aromatic rings. The van der Waals surface area contributed by atoms with Gasteiger partial charge in [0.05, 0.1) is 12.8 Å². The highest BCUT2D eigenvalue weighted by atomic mass is 127. The fourth-order valence-electron chi connectivity index (χ4n) is 3.29. The molecule has 29 heavy (non-hydrogen) atoms. The molecule has 0 bridgehead atoms. The molecule has 1 fully saturated rings. The van der Waals surface area contributed by atoms with Gasteiger partial charge >= 0.3 is 0 Å². The van der Waals surface area contributed by atoms with Crippen molar-refractivity contribution in [2.45, 2.75) is 26.4 Å². The van der Waals surface area contributed by atoms with Crippen molar-refractivity contribution in [1.29, 1.82) is 0 Å². The van der Waals surface area contributed by atoms with Gasteiger partial charge in [-0.1, -0.05) is 24.3 Å². The number of benzene rings is 1. The zero-order valence-electron chi connectivity index (χ0n) is 17.6. The summed E-state index contributed by atoms with van der Waals surface area (Å²) < 4.78 is 5.37. The molecule has 0 saturated carbocycles. The first-order chi connectivity index (χ1) is 13.7. The summed E-state index contributed by atoms with van der Waals surface area (Å²) >= 11 is 0. The lowest BCUT2D eigenvalue weighted by molar-refractivity contribution is 0.148. The lowest BCUT2D eigenvalue weighted by atomic mass is 10.1. The molecular formula is C22H34IN5O. The van der Waals surface area contributed by atoms with Crippen LogP contribution in [0.15, 0.2) is 52.1 Å². The average Bonchev–Trinajstić information content (AvgIpc) is 3.22. The normalized spacial score (nSPS) is 15.7. The second-order valence-electron chi connectivity index (χ2n) is 7.35. The minimum absolute atomic E-state index is 0. The van der Waals surface area contributed by atoms with Crippen LogP contribution in [0.4, 0.5) is 0 Å². The smallest absolute Gasteiger partial charge is 0.191 e. The Morgan fingerprint density at radius 2 is 1.76 bits per heavy atom. The van der Waals surface area contributed by atoms with E-state index >= 15 is 0 Å². The number of guanidine groups is 1. The molecule has 1 aromatic heterocycles. The van der Waals surface area contributed by atoms with Gasteiger partial charge in [0.25, 0.3) is 0 Å². The monoisotopic (exact) mass is 511 g/mol. The Bertz CT molecular complexity index is 709. The molecule has 0 amide bonds. The second-order valence-corrected chi connectivity index (χ2v) is 7.35. The molecule has 1 aromatic carbocycles. The summed E-state index contributed by atoms with van der Waals surface area (Å²) in [5.41, 5.74) is 2.60. The third kappa shape index (κ3) is 8.36. The van der Waals surface area contributed by atoms with E-state index in [0.717, 1.165) is 64.0 Å². The van der Waals surface area contributed by atoms with Crippen molar-refractivity contribution in [3.8, 4) is 0 Å². The van der Waals surface area contributed by atoms with E-state index in [4.69, 9.17) is 9.41 Å². The van der Waals surface area contributed by atoms with Crippen LogP contribution in [0, 0.1) is 0 Å².